The minimum Gasteiger partial charge on any atom is -0.494 e. The molecule has 1 aliphatic rings. The predicted octanol–water partition coefficient (Wildman–Crippen LogP) is 3.65. The van der Waals surface area contributed by atoms with E-state index in [1.807, 2.05) is 6.07 Å². The van der Waals surface area contributed by atoms with Gasteiger partial charge in [-0.05, 0) is 30.5 Å². The minimum absolute atomic E-state index is 0.296. The van der Waals surface area contributed by atoms with Gasteiger partial charge in [0.15, 0.2) is 11.6 Å². The normalized spacial score (nSPS) is 17.4. The van der Waals surface area contributed by atoms with Gasteiger partial charge in [-0.1, -0.05) is 31.7 Å². The number of halogens is 1. The third-order valence-electron chi connectivity index (χ3n) is 3.67. The summed E-state index contributed by atoms with van der Waals surface area (Å²) in [5.74, 6) is 0.0332. The molecule has 0 radical (unpaired) electrons. The maximum Gasteiger partial charge on any atom is 0.165 e. The minimum atomic E-state index is -0.296. The van der Waals surface area contributed by atoms with Gasteiger partial charge in [0.25, 0.3) is 0 Å². The highest BCUT2D eigenvalue weighted by atomic mass is 19.1. The number of rotatable bonds is 4. The van der Waals surface area contributed by atoms with E-state index in [-0.39, 0.29) is 5.82 Å². The van der Waals surface area contributed by atoms with E-state index >= 15 is 0 Å². The Labute approximate surface area is 109 Å². The van der Waals surface area contributed by atoms with Crippen LogP contribution in [0.3, 0.4) is 0 Å². The van der Waals surface area contributed by atoms with E-state index < -0.39 is 0 Å². The summed E-state index contributed by atoms with van der Waals surface area (Å²) in [6.45, 7) is 0.793. The van der Waals surface area contributed by atoms with Crippen LogP contribution in [0.4, 0.5) is 4.39 Å². The lowest BCUT2D eigenvalue weighted by atomic mass is 10.1. The van der Waals surface area contributed by atoms with Crippen molar-refractivity contribution in [1.29, 1.82) is 0 Å². The molecule has 1 N–H and O–H groups in total. The molecule has 0 bridgehead atoms. The van der Waals surface area contributed by atoms with E-state index in [0.717, 1.165) is 12.1 Å². The van der Waals surface area contributed by atoms with Crippen LogP contribution in [0.1, 0.15) is 44.1 Å². The average Bonchev–Trinajstić information content (AvgIpc) is 2.66. The highest BCUT2D eigenvalue weighted by molar-refractivity contribution is 5.30. The number of benzene rings is 1. The molecule has 100 valence electrons. The first-order valence-electron chi connectivity index (χ1n) is 6.85. The summed E-state index contributed by atoms with van der Waals surface area (Å²) >= 11 is 0. The highest BCUT2D eigenvalue weighted by Gasteiger charge is 2.11. The molecule has 0 aromatic heterocycles. The van der Waals surface area contributed by atoms with E-state index in [2.05, 4.69) is 5.32 Å². The lowest BCUT2D eigenvalue weighted by molar-refractivity contribution is 0.385. The van der Waals surface area contributed by atoms with Gasteiger partial charge in [0, 0.05) is 12.6 Å². The topological polar surface area (TPSA) is 21.3 Å². The second-order valence-corrected chi connectivity index (χ2v) is 5.04. The van der Waals surface area contributed by atoms with E-state index in [9.17, 15) is 4.39 Å². The zero-order valence-corrected chi connectivity index (χ0v) is 11.0. The first-order valence-corrected chi connectivity index (χ1v) is 6.85. The van der Waals surface area contributed by atoms with Crippen LogP contribution in [0.25, 0.3) is 0 Å². The summed E-state index contributed by atoms with van der Waals surface area (Å²) < 4.78 is 18.3. The van der Waals surface area contributed by atoms with Gasteiger partial charge in [-0.3, -0.25) is 0 Å². The van der Waals surface area contributed by atoms with Crippen molar-refractivity contribution in [1.82, 2.24) is 5.32 Å². The van der Waals surface area contributed by atoms with Crippen molar-refractivity contribution in [2.24, 2.45) is 0 Å². The molecule has 0 amide bonds. The van der Waals surface area contributed by atoms with Crippen LogP contribution in [0.15, 0.2) is 18.2 Å². The predicted molar refractivity (Wildman–Crippen MR) is 71.3 cm³/mol. The van der Waals surface area contributed by atoms with Crippen molar-refractivity contribution in [2.45, 2.75) is 51.1 Å². The number of hydrogen-bond acceptors (Lipinski definition) is 2. The van der Waals surface area contributed by atoms with E-state index in [4.69, 9.17) is 4.74 Å². The third-order valence-corrected chi connectivity index (χ3v) is 3.67. The Balaban J connectivity index is 1.88. The highest BCUT2D eigenvalue weighted by Crippen LogP contribution is 2.20. The number of ether oxygens (including phenoxy) is 1. The summed E-state index contributed by atoms with van der Waals surface area (Å²) in [6, 6.07) is 5.69. The molecule has 1 aromatic rings. The Morgan fingerprint density at radius 2 is 1.94 bits per heavy atom. The Kier molecular flexibility index (Phi) is 5.00. The first kappa shape index (κ1) is 13.3. The maximum atomic E-state index is 13.3. The molecule has 2 nitrogen and oxygen atoms in total. The fourth-order valence-electron chi connectivity index (χ4n) is 2.56. The maximum absolute atomic E-state index is 13.3. The lowest BCUT2D eigenvalue weighted by Crippen LogP contribution is -2.27. The van der Waals surface area contributed by atoms with E-state index in [0.29, 0.717) is 11.8 Å². The smallest absolute Gasteiger partial charge is 0.165 e. The van der Waals surface area contributed by atoms with Gasteiger partial charge in [0.1, 0.15) is 0 Å². The Hall–Kier alpha value is -1.09. The lowest BCUT2D eigenvalue weighted by Gasteiger charge is -2.16. The Bertz CT molecular complexity index is 373. The summed E-state index contributed by atoms with van der Waals surface area (Å²) in [5, 5.41) is 3.57. The van der Waals surface area contributed by atoms with Gasteiger partial charge in [0.05, 0.1) is 7.11 Å². The molecule has 0 spiro atoms. The monoisotopic (exact) mass is 251 g/mol. The molecule has 0 unspecified atom stereocenters. The number of methoxy groups -OCH3 is 1. The van der Waals surface area contributed by atoms with Crippen LogP contribution >= 0.6 is 0 Å². The second-order valence-electron chi connectivity index (χ2n) is 5.04. The Morgan fingerprint density at radius 1 is 1.22 bits per heavy atom. The largest absolute Gasteiger partial charge is 0.494 e. The van der Waals surface area contributed by atoms with Gasteiger partial charge in [-0.25, -0.2) is 4.39 Å². The number of nitrogens with one attached hydrogen (secondary N) is 1. The average molecular weight is 251 g/mol. The van der Waals surface area contributed by atoms with Crippen LogP contribution in [0.5, 0.6) is 5.75 Å². The van der Waals surface area contributed by atoms with E-state index in [1.54, 1.807) is 6.07 Å². The molecule has 1 aliphatic carbocycles. The molecular formula is C15H22FNO. The van der Waals surface area contributed by atoms with Crippen molar-refractivity contribution in [3.05, 3.63) is 29.6 Å². The molecule has 3 heteroatoms. The van der Waals surface area contributed by atoms with E-state index in [1.165, 1.54) is 51.7 Å². The van der Waals surface area contributed by atoms with Gasteiger partial charge < -0.3 is 10.1 Å². The molecule has 1 fully saturated rings. The summed E-state index contributed by atoms with van der Waals surface area (Å²) in [4.78, 5) is 0. The van der Waals surface area contributed by atoms with Crippen LogP contribution in [-0.2, 0) is 6.54 Å². The zero-order chi connectivity index (χ0) is 12.8. The molecule has 0 aliphatic heterocycles. The number of hydrogen-bond donors (Lipinski definition) is 1. The van der Waals surface area contributed by atoms with Crippen molar-refractivity contribution in [3.8, 4) is 5.75 Å². The van der Waals surface area contributed by atoms with Crippen molar-refractivity contribution >= 4 is 0 Å². The fraction of sp³-hybridized carbons (Fsp3) is 0.600. The summed E-state index contributed by atoms with van der Waals surface area (Å²) in [6.07, 6.45) is 7.90. The van der Waals surface area contributed by atoms with Crippen molar-refractivity contribution in [2.75, 3.05) is 7.11 Å². The molecule has 1 aromatic carbocycles. The first-order chi connectivity index (χ1) is 8.79. The van der Waals surface area contributed by atoms with Crippen molar-refractivity contribution < 1.29 is 9.13 Å². The van der Waals surface area contributed by atoms with Crippen LogP contribution < -0.4 is 10.1 Å². The molecule has 18 heavy (non-hydrogen) atoms. The molecule has 0 atom stereocenters. The quantitative estimate of drug-likeness (QED) is 0.825. The van der Waals surface area contributed by atoms with Gasteiger partial charge in [-0.2, -0.15) is 0 Å². The molecule has 0 heterocycles. The van der Waals surface area contributed by atoms with Gasteiger partial charge in [-0.15, -0.1) is 0 Å². The third kappa shape index (κ3) is 3.70. The fourth-order valence-corrected chi connectivity index (χ4v) is 2.56. The molecule has 0 saturated heterocycles. The SMILES string of the molecule is COc1cc(CNC2CCCCCC2)ccc1F. The summed E-state index contributed by atoms with van der Waals surface area (Å²) in [7, 11) is 1.50. The molecule has 1 saturated carbocycles. The second kappa shape index (κ2) is 6.74. The van der Waals surface area contributed by atoms with Crippen LogP contribution in [0.2, 0.25) is 0 Å². The zero-order valence-electron chi connectivity index (χ0n) is 11.0. The van der Waals surface area contributed by atoms with Gasteiger partial charge in [0.2, 0.25) is 0 Å². The molecular weight excluding hydrogens is 229 g/mol. The summed E-state index contributed by atoms with van der Waals surface area (Å²) in [5.41, 5.74) is 1.08. The van der Waals surface area contributed by atoms with Gasteiger partial charge >= 0.3 is 0 Å². The molecule has 2 rings (SSSR count). The van der Waals surface area contributed by atoms with Crippen LogP contribution in [0, 0.1) is 5.82 Å². The standard InChI is InChI=1S/C15H22FNO/c1-18-15-10-12(8-9-14(15)16)11-17-13-6-4-2-3-5-7-13/h8-10,13,17H,2-7,11H2,1H3. The Morgan fingerprint density at radius 3 is 2.61 bits per heavy atom. The van der Waals surface area contributed by atoms with Crippen LogP contribution in [-0.4, -0.2) is 13.2 Å². The van der Waals surface area contributed by atoms with Crippen molar-refractivity contribution in [3.63, 3.8) is 0 Å².